The molecule has 0 heterocycles. The summed E-state index contributed by atoms with van der Waals surface area (Å²) in [4.78, 5) is 0. The molecule has 3 nitrogen and oxygen atoms in total. The maximum Gasteiger partial charge on any atom is 0.489 e. The van der Waals surface area contributed by atoms with Crippen LogP contribution in [0.1, 0.15) is 54.7 Å². The predicted molar refractivity (Wildman–Crippen MR) is 71.5 cm³/mol. The number of aryl methyl sites for hydroxylation is 1. The molecule has 0 aliphatic heterocycles. The lowest BCUT2D eigenvalue weighted by molar-refractivity contribution is 0.424. The maximum atomic E-state index is 9.35. The Morgan fingerprint density at radius 3 is 2.44 bits per heavy atom. The first kappa shape index (κ1) is 13.1. The summed E-state index contributed by atoms with van der Waals surface area (Å²) < 4.78 is 0. The lowest BCUT2D eigenvalue weighted by atomic mass is 9.71. The summed E-state index contributed by atoms with van der Waals surface area (Å²) >= 11 is 0. The molecule has 1 aromatic carbocycles. The molecule has 94 valence electrons. The van der Waals surface area contributed by atoms with Crippen molar-refractivity contribution in [1.29, 1.82) is 5.26 Å². The Labute approximate surface area is 108 Å². The Morgan fingerprint density at radius 2 is 1.89 bits per heavy atom. The second kappa shape index (κ2) is 5.56. The topological polar surface area (TPSA) is 64.2 Å². The van der Waals surface area contributed by atoms with Crippen LogP contribution in [0.3, 0.4) is 0 Å². The van der Waals surface area contributed by atoms with Crippen LogP contribution in [-0.4, -0.2) is 17.2 Å². The molecule has 0 radical (unpaired) electrons. The third kappa shape index (κ3) is 2.43. The van der Waals surface area contributed by atoms with E-state index >= 15 is 0 Å². The number of benzene rings is 1. The summed E-state index contributed by atoms with van der Waals surface area (Å²) in [5.74, 6) is 0.395. The van der Waals surface area contributed by atoms with Crippen molar-refractivity contribution in [2.45, 2.75) is 44.9 Å². The van der Waals surface area contributed by atoms with Crippen molar-refractivity contribution < 1.29 is 10.0 Å². The molecule has 1 aliphatic rings. The highest BCUT2D eigenvalue weighted by Gasteiger charge is 2.25. The molecule has 1 aromatic rings. The Morgan fingerprint density at radius 1 is 1.22 bits per heavy atom. The van der Waals surface area contributed by atoms with Crippen LogP contribution >= 0.6 is 0 Å². The standard InChI is InChI=1S/C14H18BNO2/c1-10-7-8-13(15(17)18)12(9-16)14(10)11-5-3-2-4-6-11/h7-8,11,17-18H,2-6H2,1H3. The van der Waals surface area contributed by atoms with Gasteiger partial charge in [0.2, 0.25) is 0 Å². The molecular formula is C14H18BNO2. The van der Waals surface area contributed by atoms with E-state index in [1.165, 1.54) is 19.3 Å². The third-order valence-corrected chi connectivity index (χ3v) is 3.90. The Bertz CT molecular complexity index is 473. The molecule has 1 fully saturated rings. The molecule has 2 N–H and O–H groups in total. The molecule has 4 heteroatoms. The SMILES string of the molecule is Cc1ccc(B(O)O)c(C#N)c1C1CCCCC1. The van der Waals surface area contributed by atoms with Crippen molar-refractivity contribution >= 4 is 12.6 Å². The number of rotatable bonds is 2. The van der Waals surface area contributed by atoms with E-state index in [9.17, 15) is 15.3 Å². The summed E-state index contributed by atoms with van der Waals surface area (Å²) in [6.45, 7) is 2.00. The van der Waals surface area contributed by atoms with E-state index in [1.807, 2.05) is 13.0 Å². The molecule has 1 aliphatic carbocycles. The van der Waals surface area contributed by atoms with E-state index in [2.05, 4.69) is 6.07 Å². The second-order valence-electron chi connectivity index (χ2n) is 5.08. The molecular weight excluding hydrogens is 225 g/mol. The van der Waals surface area contributed by atoms with Crippen LogP contribution in [0.2, 0.25) is 0 Å². The predicted octanol–water partition coefficient (Wildman–Crippen LogP) is 1.59. The zero-order valence-electron chi connectivity index (χ0n) is 10.7. The smallest absolute Gasteiger partial charge is 0.423 e. The van der Waals surface area contributed by atoms with Gasteiger partial charge in [-0.2, -0.15) is 5.26 Å². The van der Waals surface area contributed by atoms with Gasteiger partial charge in [0.15, 0.2) is 0 Å². The first-order valence-electron chi connectivity index (χ1n) is 6.54. The quantitative estimate of drug-likeness (QED) is 0.775. The fourth-order valence-corrected chi connectivity index (χ4v) is 3.00. The normalized spacial score (nSPS) is 16.3. The van der Waals surface area contributed by atoms with Crippen LogP contribution in [-0.2, 0) is 0 Å². The highest BCUT2D eigenvalue weighted by molar-refractivity contribution is 6.59. The Balaban J connectivity index is 2.50. The van der Waals surface area contributed by atoms with Gasteiger partial charge in [0, 0.05) is 5.46 Å². The van der Waals surface area contributed by atoms with E-state index in [1.54, 1.807) is 6.07 Å². The van der Waals surface area contributed by atoms with Crippen molar-refractivity contribution in [3.63, 3.8) is 0 Å². The van der Waals surface area contributed by atoms with Crippen molar-refractivity contribution in [3.8, 4) is 6.07 Å². The van der Waals surface area contributed by atoms with E-state index in [4.69, 9.17) is 0 Å². The van der Waals surface area contributed by atoms with Gasteiger partial charge in [-0.3, -0.25) is 0 Å². The van der Waals surface area contributed by atoms with Gasteiger partial charge in [-0.05, 0) is 36.8 Å². The summed E-state index contributed by atoms with van der Waals surface area (Å²) in [6, 6.07) is 5.70. The number of nitrogens with zero attached hydrogens (tertiary/aromatic N) is 1. The van der Waals surface area contributed by atoms with E-state index in [0.29, 0.717) is 16.9 Å². The summed E-state index contributed by atoms with van der Waals surface area (Å²) in [7, 11) is -1.57. The summed E-state index contributed by atoms with van der Waals surface area (Å²) in [5, 5.41) is 28.0. The van der Waals surface area contributed by atoms with Crippen LogP contribution in [0.15, 0.2) is 12.1 Å². The van der Waals surface area contributed by atoms with Gasteiger partial charge in [0.1, 0.15) is 0 Å². The van der Waals surface area contributed by atoms with Crippen molar-refractivity contribution in [3.05, 3.63) is 28.8 Å². The minimum Gasteiger partial charge on any atom is -0.423 e. The molecule has 0 aromatic heterocycles. The van der Waals surface area contributed by atoms with E-state index < -0.39 is 7.12 Å². The molecule has 1 saturated carbocycles. The monoisotopic (exact) mass is 243 g/mol. The molecule has 0 bridgehead atoms. The number of hydrogen-bond donors (Lipinski definition) is 2. The first-order valence-corrected chi connectivity index (χ1v) is 6.54. The minimum absolute atomic E-state index is 0.337. The van der Waals surface area contributed by atoms with Gasteiger partial charge in [0.25, 0.3) is 0 Å². The third-order valence-electron chi connectivity index (χ3n) is 3.90. The molecule has 0 saturated heterocycles. The van der Waals surface area contributed by atoms with Gasteiger partial charge in [0.05, 0.1) is 11.6 Å². The maximum absolute atomic E-state index is 9.35. The van der Waals surface area contributed by atoms with Crippen molar-refractivity contribution in [2.24, 2.45) is 0 Å². The fraction of sp³-hybridized carbons (Fsp3) is 0.500. The van der Waals surface area contributed by atoms with Crippen LogP contribution in [0.4, 0.5) is 0 Å². The van der Waals surface area contributed by atoms with Crippen LogP contribution in [0.5, 0.6) is 0 Å². The summed E-state index contributed by atoms with van der Waals surface area (Å²) in [6.07, 6.45) is 5.85. The minimum atomic E-state index is -1.57. The molecule has 0 atom stereocenters. The Hall–Kier alpha value is -1.31. The van der Waals surface area contributed by atoms with Gasteiger partial charge in [-0.1, -0.05) is 31.4 Å². The highest BCUT2D eigenvalue weighted by Crippen LogP contribution is 2.35. The average Bonchev–Trinajstić information content (AvgIpc) is 2.38. The summed E-state index contributed by atoms with van der Waals surface area (Å²) in [5.41, 5.74) is 2.92. The zero-order valence-corrected chi connectivity index (χ0v) is 10.7. The average molecular weight is 243 g/mol. The lowest BCUT2D eigenvalue weighted by Gasteiger charge is -2.25. The van der Waals surface area contributed by atoms with Crippen LogP contribution in [0.25, 0.3) is 0 Å². The van der Waals surface area contributed by atoms with Crippen LogP contribution in [0, 0.1) is 18.3 Å². The lowest BCUT2D eigenvalue weighted by Crippen LogP contribution is -2.34. The number of nitriles is 1. The zero-order chi connectivity index (χ0) is 13.1. The van der Waals surface area contributed by atoms with E-state index in [0.717, 1.165) is 24.0 Å². The largest absolute Gasteiger partial charge is 0.489 e. The van der Waals surface area contributed by atoms with Gasteiger partial charge < -0.3 is 10.0 Å². The van der Waals surface area contributed by atoms with Crippen molar-refractivity contribution in [2.75, 3.05) is 0 Å². The molecule has 0 spiro atoms. The molecule has 0 amide bonds. The van der Waals surface area contributed by atoms with Crippen molar-refractivity contribution in [1.82, 2.24) is 0 Å². The Kier molecular flexibility index (Phi) is 4.06. The first-order chi connectivity index (χ1) is 8.65. The molecule has 2 rings (SSSR count). The van der Waals surface area contributed by atoms with Gasteiger partial charge in [-0.15, -0.1) is 0 Å². The highest BCUT2D eigenvalue weighted by atomic mass is 16.4. The van der Waals surface area contributed by atoms with Gasteiger partial charge in [-0.25, -0.2) is 0 Å². The van der Waals surface area contributed by atoms with Gasteiger partial charge >= 0.3 is 7.12 Å². The molecule has 0 unspecified atom stereocenters. The molecule has 18 heavy (non-hydrogen) atoms. The number of hydrogen-bond acceptors (Lipinski definition) is 3. The fourth-order valence-electron chi connectivity index (χ4n) is 3.00. The van der Waals surface area contributed by atoms with Crippen LogP contribution < -0.4 is 5.46 Å². The van der Waals surface area contributed by atoms with E-state index in [-0.39, 0.29) is 0 Å². The second-order valence-corrected chi connectivity index (χ2v) is 5.08.